The van der Waals surface area contributed by atoms with Crippen molar-refractivity contribution in [3.05, 3.63) is 22.2 Å². The van der Waals surface area contributed by atoms with Crippen LogP contribution in [0, 0.1) is 10.1 Å². The molecule has 1 aliphatic heterocycles. The third kappa shape index (κ3) is 2.02. The zero-order valence-corrected chi connectivity index (χ0v) is 11.1. The highest BCUT2D eigenvalue weighted by Gasteiger charge is 2.47. The maximum absolute atomic E-state index is 11.6. The van der Waals surface area contributed by atoms with E-state index in [9.17, 15) is 20.0 Å². The second kappa shape index (κ2) is 4.95. The van der Waals surface area contributed by atoms with E-state index in [1.54, 1.807) is 11.8 Å². The number of aromatic nitrogens is 1. The van der Waals surface area contributed by atoms with Crippen LogP contribution in [0.4, 0.5) is 17.3 Å². The van der Waals surface area contributed by atoms with Gasteiger partial charge in [0, 0.05) is 12.6 Å². The molecule has 20 heavy (non-hydrogen) atoms. The standard InChI is InChI=1S/C12H16N4O4/c1-2-12(11(17)18)6-3-7-15(12)9-5-4-8(16(19)20)10(13)14-9/h4-5H,2-3,6-7H2,1H3,(H2,13,14)(H,17,18). The van der Waals surface area contributed by atoms with Crippen molar-refractivity contribution in [2.75, 3.05) is 17.2 Å². The van der Waals surface area contributed by atoms with Gasteiger partial charge in [0.1, 0.15) is 11.4 Å². The number of pyridine rings is 1. The van der Waals surface area contributed by atoms with Gasteiger partial charge in [-0.25, -0.2) is 9.78 Å². The number of nitrogen functional groups attached to an aromatic ring is 1. The van der Waals surface area contributed by atoms with Crippen LogP contribution in [0.3, 0.4) is 0 Å². The predicted molar refractivity (Wildman–Crippen MR) is 72.5 cm³/mol. The Hall–Kier alpha value is -2.38. The second-order valence-corrected chi connectivity index (χ2v) is 4.78. The van der Waals surface area contributed by atoms with Gasteiger partial charge in [-0.2, -0.15) is 0 Å². The highest BCUT2D eigenvalue weighted by molar-refractivity contribution is 5.84. The number of carbonyl (C=O) groups is 1. The molecule has 8 heteroatoms. The van der Waals surface area contributed by atoms with Crippen molar-refractivity contribution >= 4 is 23.3 Å². The van der Waals surface area contributed by atoms with Crippen LogP contribution in [0.2, 0.25) is 0 Å². The van der Waals surface area contributed by atoms with E-state index < -0.39 is 16.4 Å². The van der Waals surface area contributed by atoms with Crippen molar-refractivity contribution in [2.45, 2.75) is 31.7 Å². The van der Waals surface area contributed by atoms with E-state index in [0.29, 0.717) is 25.2 Å². The molecule has 2 rings (SSSR count). The van der Waals surface area contributed by atoms with Gasteiger partial charge in [-0.05, 0) is 25.3 Å². The SMILES string of the molecule is CCC1(C(=O)O)CCCN1c1ccc([N+](=O)[O-])c(N)n1. The quantitative estimate of drug-likeness (QED) is 0.631. The molecule has 8 nitrogen and oxygen atoms in total. The summed E-state index contributed by atoms with van der Waals surface area (Å²) < 4.78 is 0. The first-order valence-electron chi connectivity index (χ1n) is 6.34. The molecule has 0 aliphatic carbocycles. The lowest BCUT2D eigenvalue weighted by Crippen LogP contribution is -2.50. The van der Waals surface area contributed by atoms with Crippen molar-refractivity contribution in [1.82, 2.24) is 4.98 Å². The number of carboxylic acids is 1. The minimum Gasteiger partial charge on any atom is -0.479 e. The van der Waals surface area contributed by atoms with Gasteiger partial charge in [0.05, 0.1) is 4.92 Å². The van der Waals surface area contributed by atoms with Gasteiger partial charge in [0.15, 0.2) is 0 Å². The van der Waals surface area contributed by atoms with Crippen molar-refractivity contribution < 1.29 is 14.8 Å². The Morgan fingerprint density at radius 3 is 2.85 bits per heavy atom. The Morgan fingerprint density at radius 2 is 2.35 bits per heavy atom. The number of nitro groups is 1. The topological polar surface area (TPSA) is 123 Å². The van der Waals surface area contributed by atoms with E-state index >= 15 is 0 Å². The molecule has 0 amide bonds. The molecule has 3 N–H and O–H groups in total. The Kier molecular flexibility index (Phi) is 3.47. The van der Waals surface area contributed by atoms with Crippen LogP contribution in [0.1, 0.15) is 26.2 Å². The summed E-state index contributed by atoms with van der Waals surface area (Å²) >= 11 is 0. The summed E-state index contributed by atoms with van der Waals surface area (Å²) in [6, 6.07) is 2.71. The Balaban J connectivity index is 2.43. The Morgan fingerprint density at radius 1 is 1.65 bits per heavy atom. The first-order valence-corrected chi connectivity index (χ1v) is 6.34. The third-order valence-corrected chi connectivity index (χ3v) is 3.83. The second-order valence-electron chi connectivity index (χ2n) is 4.78. The number of nitrogens with zero attached hydrogens (tertiary/aromatic N) is 3. The lowest BCUT2D eigenvalue weighted by atomic mass is 9.93. The van der Waals surface area contributed by atoms with Crippen LogP contribution in [0.15, 0.2) is 12.1 Å². The molecule has 1 unspecified atom stereocenters. The van der Waals surface area contributed by atoms with Gasteiger partial charge in [-0.1, -0.05) is 6.92 Å². The number of nitrogens with two attached hydrogens (primary N) is 1. The van der Waals surface area contributed by atoms with Gasteiger partial charge in [0.25, 0.3) is 0 Å². The summed E-state index contributed by atoms with van der Waals surface area (Å²) in [5.41, 5.74) is 4.29. The van der Waals surface area contributed by atoms with E-state index in [-0.39, 0.29) is 11.5 Å². The molecule has 0 saturated carbocycles. The molecule has 1 aromatic rings. The van der Waals surface area contributed by atoms with Gasteiger partial charge in [0.2, 0.25) is 5.82 Å². The zero-order valence-electron chi connectivity index (χ0n) is 11.1. The number of aliphatic carboxylic acids is 1. The van der Waals surface area contributed by atoms with Crippen LogP contribution >= 0.6 is 0 Å². The average Bonchev–Trinajstić information content (AvgIpc) is 2.83. The number of hydrogen-bond donors (Lipinski definition) is 2. The summed E-state index contributed by atoms with van der Waals surface area (Å²) in [4.78, 5) is 27.4. The molecule has 2 heterocycles. The molecule has 1 saturated heterocycles. The van der Waals surface area contributed by atoms with Crippen molar-refractivity contribution in [3.8, 4) is 0 Å². The Bertz CT molecular complexity index is 562. The molecule has 1 aromatic heterocycles. The fourth-order valence-corrected chi connectivity index (χ4v) is 2.72. The Labute approximate surface area is 115 Å². The minimum atomic E-state index is -1.00. The van der Waals surface area contributed by atoms with Crippen molar-refractivity contribution in [1.29, 1.82) is 0 Å². The molecule has 0 spiro atoms. The summed E-state index contributed by atoms with van der Waals surface area (Å²) in [5.74, 6) is -0.735. The van der Waals surface area contributed by atoms with Crippen LogP contribution in [0.5, 0.6) is 0 Å². The summed E-state index contributed by atoms with van der Waals surface area (Å²) in [6.45, 7) is 2.35. The van der Waals surface area contributed by atoms with Crippen LogP contribution < -0.4 is 10.6 Å². The summed E-state index contributed by atoms with van der Waals surface area (Å²) in [7, 11) is 0. The number of hydrogen-bond acceptors (Lipinski definition) is 6. The van der Waals surface area contributed by atoms with E-state index in [2.05, 4.69) is 4.98 Å². The number of carboxylic acid groups (broad SMARTS) is 1. The van der Waals surface area contributed by atoms with Gasteiger partial charge in [-0.3, -0.25) is 10.1 Å². The van der Waals surface area contributed by atoms with Crippen LogP contribution in [0.25, 0.3) is 0 Å². The lowest BCUT2D eigenvalue weighted by molar-refractivity contribution is -0.384. The third-order valence-electron chi connectivity index (χ3n) is 3.83. The minimum absolute atomic E-state index is 0.199. The first kappa shape index (κ1) is 14.0. The summed E-state index contributed by atoms with van der Waals surface area (Å²) in [5, 5.41) is 20.2. The molecule has 1 fully saturated rings. The molecule has 0 radical (unpaired) electrons. The lowest BCUT2D eigenvalue weighted by Gasteiger charge is -2.34. The molecule has 0 bridgehead atoms. The van der Waals surface area contributed by atoms with Gasteiger partial charge >= 0.3 is 11.7 Å². The zero-order chi connectivity index (χ0) is 14.9. The number of anilines is 2. The monoisotopic (exact) mass is 280 g/mol. The largest absolute Gasteiger partial charge is 0.479 e. The van der Waals surface area contributed by atoms with Crippen molar-refractivity contribution in [3.63, 3.8) is 0 Å². The normalized spacial score (nSPS) is 21.9. The van der Waals surface area contributed by atoms with E-state index in [1.807, 2.05) is 0 Å². The van der Waals surface area contributed by atoms with E-state index in [0.717, 1.165) is 6.42 Å². The maximum Gasteiger partial charge on any atom is 0.329 e. The molecule has 0 aromatic carbocycles. The molecule has 1 aliphatic rings. The summed E-state index contributed by atoms with van der Waals surface area (Å²) in [6.07, 6.45) is 1.69. The van der Waals surface area contributed by atoms with Crippen LogP contribution in [-0.2, 0) is 4.79 Å². The maximum atomic E-state index is 11.6. The fraction of sp³-hybridized carbons (Fsp3) is 0.500. The molecular weight excluding hydrogens is 264 g/mol. The molecule has 1 atom stereocenters. The number of rotatable bonds is 4. The molecular formula is C12H16N4O4. The molecule has 108 valence electrons. The highest BCUT2D eigenvalue weighted by atomic mass is 16.6. The van der Waals surface area contributed by atoms with Gasteiger partial charge < -0.3 is 15.7 Å². The van der Waals surface area contributed by atoms with Gasteiger partial charge in [-0.15, -0.1) is 0 Å². The van der Waals surface area contributed by atoms with Crippen LogP contribution in [-0.4, -0.2) is 33.1 Å². The van der Waals surface area contributed by atoms with Crippen molar-refractivity contribution in [2.24, 2.45) is 0 Å². The predicted octanol–water partition coefficient (Wildman–Crippen LogP) is 1.41. The first-order chi connectivity index (χ1) is 9.42. The van der Waals surface area contributed by atoms with E-state index in [1.165, 1.54) is 12.1 Å². The average molecular weight is 280 g/mol. The van der Waals surface area contributed by atoms with E-state index in [4.69, 9.17) is 5.73 Å². The fourth-order valence-electron chi connectivity index (χ4n) is 2.72. The smallest absolute Gasteiger partial charge is 0.329 e. The highest BCUT2D eigenvalue weighted by Crippen LogP contribution is 2.37.